The van der Waals surface area contributed by atoms with E-state index < -0.39 is 25.0 Å². The molecule has 0 aliphatic rings. The van der Waals surface area contributed by atoms with Crippen molar-refractivity contribution in [3.05, 3.63) is 94.5 Å². The van der Waals surface area contributed by atoms with Gasteiger partial charge in [-0.25, -0.2) is 0 Å². The number of hydrogen-bond acceptors (Lipinski definition) is 7. The van der Waals surface area contributed by atoms with E-state index in [1.54, 1.807) is 75.5 Å². The number of nitrogens with zero attached hydrogens (tertiary/aromatic N) is 1. The van der Waals surface area contributed by atoms with Crippen LogP contribution in [0.3, 0.4) is 0 Å². The number of ether oxygens (including phenoxy) is 2. The smallest absolute Gasteiger partial charge is 0.230 e. The highest BCUT2D eigenvalue weighted by Crippen LogP contribution is 2.48. The van der Waals surface area contributed by atoms with Gasteiger partial charge in [-0.3, -0.25) is 14.5 Å². The third kappa shape index (κ3) is 6.68. The Morgan fingerprint density at radius 3 is 1.95 bits per heavy atom. The van der Waals surface area contributed by atoms with Crippen molar-refractivity contribution < 1.29 is 28.7 Å². The Hall–Kier alpha value is -2.93. The van der Waals surface area contributed by atoms with Gasteiger partial charge >= 0.3 is 0 Å². The van der Waals surface area contributed by atoms with Gasteiger partial charge in [0.25, 0.3) is 0 Å². The lowest BCUT2D eigenvalue weighted by molar-refractivity contribution is -0.122. The molecule has 0 radical (unpaired) electrons. The third-order valence-corrected chi connectivity index (χ3v) is 10.2. The summed E-state index contributed by atoms with van der Waals surface area (Å²) in [5, 5.41) is 11.5. The van der Waals surface area contributed by atoms with Crippen LogP contribution in [0, 0.1) is 20.8 Å². The van der Waals surface area contributed by atoms with Crippen LogP contribution in [0.15, 0.2) is 66.7 Å². The summed E-state index contributed by atoms with van der Waals surface area (Å²) in [6.45, 7) is 8.79. The molecule has 3 aromatic rings. The second kappa shape index (κ2) is 14.1. The molecule has 0 bridgehead atoms. The zero-order valence-electron chi connectivity index (χ0n) is 24.2. The maximum absolute atomic E-state index is 14.8. The Morgan fingerprint density at radius 2 is 1.45 bits per heavy atom. The Kier molecular flexibility index (Phi) is 11.1. The predicted octanol–water partition coefficient (Wildman–Crippen LogP) is 4.64. The van der Waals surface area contributed by atoms with Crippen LogP contribution >= 0.6 is 7.14 Å². The first-order valence-electron chi connectivity index (χ1n) is 13.5. The van der Waals surface area contributed by atoms with Crippen LogP contribution in [0.2, 0.25) is 0 Å². The lowest BCUT2D eigenvalue weighted by atomic mass is 9.89. The number of carbonyl (C=O) groups excluding carboxylic acids is 2. The van der Waals surface area contributed by atoms with E-state index in [9.17, 15) is 19.3 Å². The van der Waals surface area contributed by atoms with Crippen molar-refractivity contribution in [2.75, 3.05) is 33.9 Å². The number of carbonyl (C=O) groups is 2. The quantitative estimate of drug-likeness (QED) is 0.132. The van der Waals surface area contributed by atoms with Crippen LogP contribution in [0.1, 0.15) is 50.8 Å². The fraction of sp³-hybridized carbons (Fsp3) is 0.375. The molecule has 2 unspecified atom stereocenters. The molecule has 0 saturated heterocycles. The summed E-state index contributed by atoms with van der Waals surface area (Å²) in [5.41, 5.74) is 2.05. The summed E-state index contributed by atoms with van der Waals surface area (Å²) < 4.78 is 25.4. The minimum atomic E-state index is -3.77. The van der Waals surface area contributed by atoms with Gasteiger partial charge in [0.05, 0.1) is 12.6 Å². The van der Waals surface area contributed by atoms with Crippen molar-refractivity contribution in [3.63, 3.8) is 0 Å². The number of aryl methyl sites for hydroxylation is 2. The van der Waals surface area contributed by atoms with Gasteiger partial charge in [-0.15, -0.1) is 0 Å². The number of Topliss-reactive ketones (excluding diaryl/α,β-unsaturated/α-hetero) is 1. The van der Waals surface area contributed by atoms with Gasteiger partial charge in [-0.2, -0.15) is 0 Å². The average molecular weight is 566 g/mol. The van der Waals surface area contributed by atoms with Crippen LogP contribution in [-0.2, 0) is 14.0 Å². The number of aliphatic hydroxyl groups is 1. The van der Waals surface area contributed by atoms with Gasteiger partial charge in [0.1, 0.15) is 0 Å². The molecule has 0 spiro atoms. The minimum absolute atomic E-state index is 0.0367. The highest BCUT2D eigenvalue weighted by Gasteiger charge is 2.39. The molecule has 0 saturated carbocycles. The summed E-state index contributed by atoms with van der Waals surface area (Å²) in [6.07, 6.45) is -1.23. The van der Waals surface area contributed by atoms with Crippen LogP contribution in [0.4, 0.5) is 0 Å². The fourth-order valence-corrected chi connectivity index (χ4v) is 7.81. The molecule has 0 aliphatic carbocycles. The molecule has 40 heavy (non-hydrogen) atoms. The van der Waals surface area contributed by atoms with Crippen molar-refractivity contribution in [1.82, 2.24) is 4.90 Å². The Bertz CT molecular complexity index is 1320. The van der Waals surface area contributed by atoms with Gasteiger partial charge in [0.2, 0.25) is 12.7 Å². The summed E-state index contributed by atoms with van der Waals surface area (Å²) in [7, 11) is -0.572. The van der Waals surface area contributed by atoms with Crippen LogP contribution in [-0.4, -0.2) is 67.6 Å². The first kappa shape index (κ1) is 31.6. The molecule has 1 N–H and O–H groups in total. The van der Waals surface area contributed by atoms with E-state index in [1.165, 1.54) is 7.11 Å². The highest BCUT2D eigenvalue weighted by molar-refractivity contribution is 7.93. The maximum Gasteiger partial charge on any atom is 0.230 e. The Morgan fingerprint density at radius 1 is 0.925 bits per heavy atom. The second-order valence-corrected chi connectivity index (χ2v) is 12.6. The van der Waals surface area contributed by atoms with Crippen molar-refractivity contribution in [1.29, 1.82) is 0 Å². The molecular formula is C32H40NO6P. The van der Waals surface area contributed by atoms with E-state index >= 15 is 0 Å². The molecule has 0 fully saturated rings. The van der Waals surface area contributed by atoms with Crippen molar-refractivity contribution in [2.24, 2.45) is 0 Å². The predicted molar refractivity (Wildman–Crippen MR) is 160 cm³/mol. The van der Waals surface area contributed by atoms with Crippen LogP contribution in [0.5, 0.6) is 0 Å². The standard InChI is InChI=1S/C32H40NO6P/c1-7-39-19-18-33(5)27(31(35)38-6)21-28(34)29-22(2)20-23(3)30(24(29)4)32(36)40(37,25-14-10-8-11-15-25)26-16-12-9-13-17-26/h8-17,20,27,31,35H,7,18-19,21H2,1-6H3. The first-order chi connectivity index (χ1) is 19.1. The number of aliphatic hydroxyl groups excluding tert-OH is 1. The van der Waals surface area contributed by atoms with E-state index in [4.69, 9.17) is 9.47 Å². The molecule has 7 nitrogen and oxygen atoms in total. The lowest BCUT2D eigenvalue weighted by Crippen LogP contribution is -2.45. The highest BCUT2D eigenvalue weighted by atomic mass is 31.2. The number of hydrogen-bond donors (Lipinski definition) is 1. The van der Waals surface area contributed by atoms with E-state index in [2.05, 4.69) is 0 Å². The molecule has 0 heterocycles. The van der Waals surface area contributed by atoms with Gasteiger partial charge < -0.3 is 19.1 Å². The normalized spacial score (nSPS) is 13.3. The van der Waals surface area contributed by atoms with E-state index in [-0.39, 0.29) is 12.2 Å². The van der Waals surface area contributed by atoms with E-state index in [1.807, 2.05) is 30.9 Å². The lowest BCUT2D eigenvalue weighted by Gasteiger charge is -2.31. The van der Waals surface area contributed by atoms with Crippen molar-refractivity contribution in [3.8, 4) is 0 Å². The number of ketones is 1. The van der Waals surface area contributed by atoms with Crippen molar-refractivity contribution in [2.45, 2.75) is 46.4 Å². The summed E-state index contributed by atoms with van der Waals surface area (Å²) in [6, 6.07) is 18.7. The number of benzene rings is 3. The Balaban J connectivity index is 2.09. The van der Waals surface area contributed by atoms with Gasteiger partial charge in [-0.05, 0) is 51.4 Å². The first-order valence-corrected chi connectivity index (χ1v) is 15.2. The van der Waals surface area contributed by atoms with Crippen LogP contribution in [0.25, 0.3) is 0 Å². The fourth-order valence-electron chi connectivity index (χ4n) is 5.20. The van der Waals surface area contributed by atoms with E-state index in [0.717, 1.165) is 0 Å². The van der Waals surface area contributed by atoms with Crippen LogP contribution < -0.4 is 10.6 Å². The zero-order valence-corrected chi connectivity index (χ0v) is 25.1. The number of rotatable bonds is 14. The van der Waals surface area contributed by atoms with Gasteiger partial charge in [0, 0.05) is 48.4 Å². The molecule has 214 valence electrons. The summed E-state index contributed by atoms with van der Waals surface area (Å²) in [4.78, 5) is 30.0. The minimum Gasteiger partial charge on any atom is -0.380 e. The Labute approximate surface area is 237 Å². The molecule has 2 atom stereocenters. The summed E-state index contributed by atoms with van der Waals surface area (Å²) in [5.74, 6) is -0.234. The van der Waals surface area contributed by atoms with Gasteiger partial charge in [-0.1, -0.05) is 66.7 Å². The molecule has 0 aliphatic heterocycles. The van der Waals surface area contributed by atoms with Crippen molar-refractivity contribution >= 4 is 29.1 Å². The molecule has 0 amide bonds. The second-order valence-electron chi connectivity index (χ2n) is 9.97. The monoisotopic (exact) mass is 565 g/mol. The molecule has 3 aromatic carbocycles. The molecular weight excluding hydrogens is 525 g/mol. The number of likely N-dealkylation sites (N-methyl/N-ethyl adjacent to an activating group) is 1. The summed E-state index contributed by atoms with van der Waals surface area (Å²) >= 11 is 0. The topological polar surface area (TPSA) is 93.1 Å². The number of methoxy groups -OCH3 is 1. The molecule has 0 aromatic heterocycles. The SMILES string of the molecule is CCOCCN(C)C(CC(=O)c1c(C)cc(C)c(C(=O)P(=O)(c2ccccc2)c2ccccc2)c1C)C(O)OC. The maximum atomic E-state index is 14.8. The molecule has 8 heteroatoms. The van der Waals surface area contributed by atoms with Gasteiger partial charge in [0.15, 0.2) is 12.1 Å². The average Bonchev–Trinajstić information content (AvgIpc) is 2.95. The van der Waals surface area contributed by atoms with E-state index in [0.29, 0.717) is 58.2 Å². The largest absolute Gasteiger partial charge is 0.380 e. The third-order valence-electron chi connectivity index (χ3n) is 7.31. The molecule has 3 rings (SSSR count). The zero-order chi connectivity index (χ0) is 29.4.